The van der Waals surface area contributed by atoms with E-state index in [0.29, 0.717) is 11.5 Å². The molecule has 0 aromatic heterocycles. The number of hydrogen-bond acceptors (Lipinski definition) is 4. The predicted octanol–water partition coefficient (Wildman–Crippen LogP) is 1.20. The fourth-order valence-electron chi connectivity index (χ4n) is 0.938. The van der Waals surface area contributed by atoms with Gasteiger partial charge in [-0.3, -0.25) is 0 Å². The second-order valence-electron chi connectivity index (χ2n) is 2.70. The number of aliphatic hydroxyl groups is 1. The monoisotopic (exact) mass is 228 g/mol. The highest BCUT2D eigenvalue weighted by Gasteiger charge is 2.19. The smallest absolute Gasteiger partial charge is 0.355 e. The van der Waals surface area contributed by atoms with Crippen molar-refractivity contribution in [3.05, 3.63) is 30.3 Å². The molecule has 1 aromatic rings. The molecule has 0 spiro atoms. The first-order chi connectivity index (χ1) is 7.24. The molecule has 1 unspecified atom stereocenters. The number of carboxylic acid groups (broad SMARTS) is 1. The van der Waals surface area contributed by atoms with Gasteiger partial charge in [-0.15, -0.1) is 11.8 Å². The lowest BCUT2D eigenvalue weighted by Gasteiger charge is -2.13. The summed E-state index contributed by atoms with van der Waals surface area (Å²) in [5, 5.41) is 17.4. The molecule has 1 atom stereocenters. The molecule has 0 amide bonds. The quantitative estimate of drug-likeness (QED) is 0.716. The zero-order valence-electron chi connectivity index (χ0n) is 8.00. The summed E-state index contributed by atoms with van der Waals surface area (Å²) in [4.78, 5) is 10.8. The van der Waals surface area contributed by atoms with E-state index in [1.165, 1.54) is 0 Å². The third kappa shape index (κ3) is 4.22. The Balaban J connectivity index is 2.55. The third-order valence-electron chi connectivity index (χ3n) is 1.55. The van der Waals surface area contributed by atoms with Gasteiger partial charge < -0.3 is 14.9 Å². The summed E-state index contributed by atoms with van der Waals surface area (Å²) in [5.74, 6) is -0.197. The van der Waals surface area contributed by atoms with Gasteiger partial charge in [-0.1, -0.05) is 18.2 Å². The number of aliphatic hydroxyl groups excluding tert-OH is 1. The molecule has 0 bridgehead atoms. The van der Waals surface area contributed by atoms with Crippen molar-refractivity contribution in [3.8, 4) is 5.75 Å². The van der Waals surface area contributed by atoms with Crippen molar-refractivity contribution in [1.29, 1.82) is 0 Å². The van der Waals surface area contributed by atoms with Crippen LogP contribution in [0.3, 0.4) is 0 Å². The fraction of sp³-hybridized carbons (Fsp3) is 0.300. The lowest BCUT2D eigenvalue weighted by Crippen LogP contribution is -2.24. The number of aliphatic carboxylic acids is 1. The van der Waals surface area contributed by atoms with Crippen LogP contribution in [-0.4, -0.2) is 34.0 Å². The van der Waals surface area contributed by atoms with Gasteiger partial charge in [0.1, 0.15) is 5.75 Å². The van der Waals surface area contributed by atoms with Gasteiger partial charge in [0.2, 0.25) is 5.44 Å². The van der Waals surface area contributed by atoms with Crippen LogP contribution in [0.15, 0.2) is 30.3 Å². The maximum atomic E-state index is 10.8. The van der Waals surface area contributed by atoms with Crippen molar-refractivity contribution < 1.29 is 19.7 Å². The lowest BCUT2D eigenvalue weighted by atomic mass is 10.3. The SMILES string of the molecule is O=C(O)C(Oc1ccccc1)SCCO. The molecule has 0 aliphatic rings. The zero-order valence-corrected chi connectivity index (χ0v) is 8.81. The van der Waals surface area contributed by atoms with Crippen LogP contribution in [0, 0.1) is 0 Å². The molecular weight excluding hydrogens is 216 g/mol. The van der Waals surface area contributed by atoms with Gasteiger partial charge in [0.15, 0.2) is 0 Å². The topological polar surface area (TPSA) is 66.8 Å². The van der Waals surface area contributed by atoms with Crippen LogP contribution >= 0.6 is 11.8 Å². The van der Waals surface area contributed by atoms with E-state index in [1.54, 1.807) is 24.3 Å². The molecule has 2 N–H and O–H groups in total. The molecule has 0 saturated carbocycles. The van der Waals surface area contributed by atoms with Crippen molar-refractivity contribution in [2.24, 2.45) is 0 Å². The summed E-state index contributed by atoms with van der Waals surface area (Å²) in [6, 6.07) is 8.74. The summed E-state index contributed by atoms with van der Waals surface area (Å²) in [6.45, 7) is -0.0629. The van der Waals surface area contributed by atoms with Crippen molar-refractivity contribution in [3.63, 3.8) is 0 Å². The molecular formula is C10H12O4S. The zero-order chi connectivity index (χ0) is 11.1. The van der Waals surface area contributed by atoms with Crippen LogP contribution in [0.4, 0.5) is 0 Å². The molecule has 0 fully saturated rings. The molecule has 4 nitrogen and oxygen atoms in total. The second kappa shape index (κ2) is 6.31. The van der Waals surface area contributed by atoms with E-state index in [-0.39, 0.29) is 6.61 Å². The van der Waals surface area contributed by atoms with Gasteiger partial charge in [0.05, 0.1) is 6.61 Å². The molecule has 5 heteroatoms. The Morgan fingerprint density at radius 1 is 1.40 bits per heavy atom. The van der Waals surface area contributed by atoms with Crippen LogP contribution in [0.2, 0.25) is 0 Å². The van der Waals surface area contributed by atoms with Crippen molar-refractivity contribution in [1.82, 2.24) is 0 Å². The minimum absolute atomic E-state index is 0.0629. The van der Waals surface area contributed by atoms with E-state index < -0.39 is 11.4 Å². The summed E-state index contributed by atoms with van der Waals surface area (Å²) in [5.41, 5.74) is -0.973. The van der Waals surface area contributed by atoms with Crippen LogP contribution in [0.25, 0.3) is 0 Å². The Hall–Kier alpha value is -1.20. The van der Waals surface area contributed by atoms with Gasteiger partial charge in [-0.25, -0.2) is 4.79 Å². The average molecular weight is 228 g/mol. The average Bonchev–Trinajstić information content (AvgIpc) is 2.25. The number of para-hydroxylation sites is 1. The molecule has 1 rings (SSSR count). The standard InChI is InChI=1S/C10H12O4S/c11-6-7-15-10(9(12)13)14-8-4-2-1-3-5-8/h1-5,10-11H,6-7H2,(H,12,13). The van der Waals surface area contributed by atoms with Gasteiger partial charge in [-0.2, -0.15) is 0 Å². The molecule has 1 aromatic carbocycles. The number of ether oxygens (including phenoxy) is 1. The van der Waals surface area contributed by atoms with E-state index >= 15 is 0 Å². The van der Waals surface area contributed by atoms with Gasteiger partial charge >= 0.3 is 5.97 Å². The van der Waals surface area contributed by atoms with Gasteiger partial charge in [0, 0.05) is 5.75 Å². The van der Waals surface area contributed by atoms with Crippen molar-refractivity contribution >= 4 is 17.7 Å². The number of benzene rings is 1. The third-order valence-corrected chi connectivity index (χ3v) is 2.57. The van der Waals surface area contributed by atoms with Crippen molar-refractivity contribution in [2.45, 2.75) is 5.44 Å². The summed E-state index contributed by atoms with van der Waals surface area (Å²) in [6.07, 6.45) is 0. The largest absolute Gasteiger partial charge is 0.478 e. The summed E-state index contributed by atoms with van der Waals surface area (Å²) >= 11 is 1.05. The van der Waals surface area contributed by atoms with Crippen LogP contribution in [0.5, 0.6) is 5.75 Å². The van der Waals surface area contributed by atoms with Crippen molar-refractivity contribution in [2.75, 3.05) is 12.4 Å². The maximum absolute atomic E-state index is 10.8. The van der Waals surface area contributed by atoms with Crippen LogP contribution < -0.4 is 4.74 Å². The first-order valence-corrected chi connectivity index (χ1v) is 5.46. The maximum Gasteiger partial charge on any atom is 0.355 e. The lowest BCUT2D eigenvalue weighted by molar-refractivity contribution is -0.140. The van der Waals surface area contributed by atoms with E-state index in [9.17, 15) is 4.79 Å². The second-order valence-corrected chi connectivity index (χ2v) is 3.87. The molecule has 15 heavy (non-hydrogen) atoms. The van der Waals surface area contributed by atoms with E-state index in [2.05, 4.69) is 0 Å². The van der Waals surface area contributed by atoms with E-state index in [0.717, 1.165) is 11.8 Å². The Labute approximate surface area is 91.9 Å². The first-order valence-electron chi connectivity index (χ1n) is 4.41. The van der Waals surface area contributed by atoms with E-state index in [1.807, 2.05) is 6.07 Å². The van der Waals surface area contributed by atoms with Crippen LogP contribution in [-0.2, 0) is 4.79 Å². The highest BCUT2D eigenvalue weighted by molar-refractivity contribution is 8.00. The number of rotatable bonds is 6. The highest BCUT2D eigenvalue weighted by Crippen LogP contribution is 2.18. The summed E-state index contributed by atoms with van der Waals surface area (Å²) in [7, 11) is 0. The molecule has 0 aliphatic heterocycles. The Bertz CT molecular complexity index is 302. The Kier molecular flexibility index (Phi) is 5.00. The van der Waals surface area contributed by atoms with Gasteiger partial charge in [-0.05, 0) is 12.1 Å². The van der Waals surface area contributed by atoms with E-state index in [4.69, 9.17) is 14.9 Å². The molecule has 0 heterocycles. The van der Waals surface area contributed by atoms with Gasteiger partial charge in [0.25, 0.3) is 0 Å². The Morgan fingerprint density at radius 2 is 2.07 bits per heavy atom. The fourth-order valence-corrected chi connectivity index (χ4v) is 1.58. The predicted molar refractivity (Wildman–Crippen MR) is 58.0 cm³/mol. The number of hydrogen-bond donors (Lipinski definition) is 2. The molecule has 0 saturated heterocycles. The highest BCUT2D eigenvalue weighted by atomic mass is 32.2. The molecule has 0 aliphatic carbocycles. The number of carboxylic acids is 1. The van der Waals surface area contributed by atoms with Crippen LogP contribution in [0.1, 0.15) is 0 Å². The molecule has 82 valence electrons. The normalized spacial score (nSPS) is 12.1. The summed E-state index contributed by atoms with van der Waals surface area (Å²) < 4.78 is 5.23. The first kappa shape index (κ1) is 11.9. The minimum Gasteiger partial charge on any atom is -0.478 e. The number of thioether (sulfide) groups is 1. The molecule has 0 radical (unpaired) electrons. The Morgan fingerprint density at radius 3 is 2.60 bits per heavy atom. The minimum atomic E-state index is -1.04. The number of carbonyl (C=O) groups is 1.